The van der Waals surface area contributed by atoms with E-state index < -0.39 is 0 Å². The maximum absolute atomic E-state index is 13.5. The number of hydrogen-bond donors (Lipinski definition) is 1. The summed E-state index contributed by atoms with van der Waals surface area (Å²) in [5.74, 6) is 0.0416. The summed E-state index contributed by atoms with van der Waals surface area (Å²) in [6.07, 6.45) is 0.923. The van der Waals surface area contributed by atoms with Gasteiger partial charge >= 0.3 is 0 Å². The highest BCUT2D eigenvalue weighted by Gasteiger charge is 2.34. The molecule has 0 bridgehead atoms. The topological polar surface area (TPSA) is 55.9 Å². The van der Waals surface area contributed by atoms with Gasteiger partial charge in [0.1, 0.15) is 0 Å². The van der Waals surface area contributed by atoms with Gasteiger partial charge in [-0.25, -0.2) is 0 Å². The van der Waals surface area contributed by atoms with Crippen LogP contribution in [0.5, 0.6) is 0 Å². The second kappa shape index (κ2) is 10.9. The molecule has 0 spiro atoms. The number of likely N-dealkylation sites (tertiary alicyclic amines) is 1. The Morgan fingerprint density at radius 3 is 2.17 bits per heavy atom. The molecule has 2 aliphatic heterocycles. The fraction of sp³-hybridized carbons (Fsp3) is 0.286. The number of amides is 2. The summed E-state index contributed by atoms with van der Waals surface area (Å²) in [5, 5.41) is 4.54. The predicted molar refractivity (Wildman–Crippen MR) is 144 cm³/mol. The Balaban J connectivity index is 1.20. The smallest absolute Gasteiger partial charge is 0.256 e. The van der Waals surface area contributed by atoms with Crippen molar-refractivity contribution in [3.05, 3.63) is 94.0 Å². The van der Waals surface area contributed by atoms with Gasteiger partial charge in [0.25, 0.3) is 11.8 Å². The van der Waals surface area contributed by atoms with Crippen LogP contribution in [0, 0.1) is 0 Å². The lowest BCUT2D eigenvalue weighted by molar-refractivity contribution is 0.0568. The van der Waals surface area contributed by atoms with Crippen LogP contribution in [-0.4, -0.2) is 71.8 Å². The minimum absolute atomic E-state index is 0.00384. The number of hydrogen-bond acceptors (Lipinski definition) is 4. The Kier molecular flexibility index (Phi) is 7.46. The summed E-state index contributed by atoms with van der Waals surface area (Å²) in [4.78, 5) is 32.5. The minimum Gasteiger partial charge on any atom is -0.355 e. The zero-order chi connectivity index (χ0) is 25.1. The average molecular weight is 523 g/mol. The van der Waals surface area contributed by atoms with Crippen molar-refractivity contribution >= 4 is 46.4 Å². The van der Waals surface area contributed by atoms with Gasteiger partial charge < -0.3 is 15.1 Å². The normalized spacial score (nSPS) is 18.3. The van der Waals surface area contributed by atoms with Crippen LogP contribution >= 0.6 is 23.2 Å². The second-order valence-corrected chi connectivity index (χ2v) is 10.1. The molecule has 2 fully saturated rings. The molecule has 36 heavy (non-hydrogen) atoms. The molecule has 1 N–H and O–H groups in total. The number of anilines is 2. The van der Waals surface area contributed by atoms with Gasteiger partial charge in [0.05, 0.1) is 11.3 Å². The summed E-state index contributed by atoms with van der Waals surface area (Å²) in [6, 6.07) is 22.4. The van der Waals surface area contributed by atoms with Crippen molar-refractivity contribution in [3.8, 4) is 0 Å². The maximum Gasteiger partial charge on any atom is 0.256 e. The number of nitrogens with zero attached hydrogens (tertiary/aromatic N) is 3. The fourth-order valence-electron chi connectivity index (χ4n) is 4.94. The Hall–Kier alpha value is -3.06. The first kappa shape index (κ1) is 24.6. The van der Waals surface area contributed by atoms with E-state index in [1.165, 1.54) is 0 Å². The Labute approximate surface area is 221 Å². The molecule has 2 amide bonds. The SMILES string of the molecule is O=C(c1ccc(Cl)cc1)N1CCN(C2CCN(C(=O)c3ccc(Cl)cc3Nc3ccccc3)C2)CC1. The fourth-order valence-corrected chi connectivity index (χ4v) is 5.24. The van der Waals surface area contributed by atoms with Crippen LogP contribution in [0.15, 0.2) is 72.8 Å². The van der Waals surface area contributed by atoms with Crippen LogP contribution in [0.1, 0.15) is 27.1 Å². The number of benzene rings is 3. The third kappa shape index (κ3) is 5.51. The first-order valence-corrected chi connectivity index (χ1v) is 12.9. The first-order chi connectivity index (χ1) is 17.5. The molecule has 3 aromatic carbocycles. The Morgan fingerprint density at radius 2 is 1.44 bits per heavy atom. The molecular weight excluding hydrogens is 495 g/mol. The molecule has 0 saturated carbocycles. The molecule has 0 aliphatic carbocycles. The van der Waals surface area contributed by atoms with Gasteiger partial charge in [-0.2, -0.15) is 0 Å². The van der Waals surface area contributed by atoms with E-state index in [9.17, 15) is 9.59 Å². The highest BCUT2D eigenvalue weighted by Crippen LogP contribution is 2.28. The lowest BCUT2D eigenvalue weighted by Crippen LogP contribution is -2.52. The molecule has 3 aromatic rings. The van der Waals surface area contributed by atoms with Gasteiger partial charge in [0, 0.05) is 66.6 Å². The van der Waals surface area contributed by atoms with Crippen molar-refractivity contribution in [1.29, 1.82) is 0 Å². The standard InChI is InChI=1S/C28H28Cl2N4O2/c29-21-8-6-20(7-9-21)27(35)33-16-14-32(15-17-33)24-12-13-34(19-24)28(36)25-11-10-22(30)18-26(25)31-23-4-2-1-3-5-23/h1-11,18,24,31H,12-17,19H2. The van der Waals surface area contributed by atoms with Crippen LogP contribution in [0.3, 0.4) is 0 Å². The van der Waals surface area contributed by atoms with Gasteiger partial charge in [-0.1, -0.05) is 41.4 Å². The maximum atomic E-state index is 13.5. The summed E-state index contributed by atoms with van der Waals surface area (Å²) < 4.78 is 0. The van der Waals surface area contributed by atoms with Crippen LogP contribution in [-0.2, 0) is 0 Å². The third-order valence-corrected chi connectivity index (χ3v) is 7.41. The van der Waals surface area contributed by atoms with Crippen LogP contribution in [0.4, 0.5) is 11.4 Å². The van der Waals surface area contributed by atoms with E-state index in [2.05, 4.69) is 10.2 Å². The number of carbonyl (C=O) groups is 2. The monoisotopic (exact) mass is 522 g/mol. The number of nitrogens with one attached hydrogen (secondary N) is 1. The van der Waals surface area contributed by atoms with Crippen LogP contribution in [0.25, 0.3) is 0 Å². The highest BCUT2D eigenvalue weighted by molar-refractivity contribution is 6.31. The molecule has 1 atom stereocenters. The van der Waals surface area contributed by atoms with E-state index in [0.29, 0.717) is 59.1 Å². The molecule has 1 unspecified atom stereocenters. The van der Waals surface area contributed by atoms with Gasteiger partial charge in [-0.15, -0.1) is 0 Å². The van der Waals surface area contributed by atoms with Gasteiger partial charge in [-0.05, 0) is 61.0 Å². The summed E-state index contributed by atoms with van der Waals surface area (Å²) in [7, 11) is 0. The van der Waals surface area contributed by atoms with E-state index in [4.69, 9.17) is 23.2 Å². The molecule has 2 heterocycles. The zero-order valence-corrected chi connectivity index (χ0v) is 21.4. The number of piperazine rings is 1. The largest absolute Gasteiger partial charge is 0.355 e. The Bertz CT molecular complexity index is 1230. The summed E-state index contributed by atoms with van der Waals surface area (Å²) in [5.41, 5.74) is 2.88. The minimum atomic E-state index is 0.00384. The number of rotatable bonds is 5. The van der Waals surface area contributed by atoms with Crippen molar-refractivity contribution in [2.75, 3.05) is 44.6 Å². The quantitative estimate of drug-likeness (QED) is 0.486. The summed E-state index contributed by atoms with van der Waals surface area (Å²) in [6.45, 7) is 4.34. The van der Waals surface area contributed by atoms with E-state index in [1.54, 1.807) is 42.5 Å². The van der Waals surface area contributed by atoms with E-state index in [0.717, 1.165) is 25.2 Å². The number of para-hydroxylation sites is 1. The molecule has 0 aromatic heterocycles. The van der Waals surface area contributed by atoms with Gasteiger partial charge in [0.15, 0.2) is 0 Å². The predicted octanol–water partition coefficient (Wildman–Crippen LogP) is 5.41. The van der Waals surface area contributed by atoms with Crippen molar-refractivity contribution in [2.45, 2.75) is 12.5 Å². The van der Waals surface area contributed by atoms with E-state index in [1.807, 2.05) is 40.1 Å². The average Bonchev–Trinajstić information content (AvgIpc) is 3.40. The van der Waals surface area contributed by atoms with Crippen LogP contribution in [0.2, 0.25) is 10.0 Å². The molecule has 5 rings (SSSR count). The van der Waals surface area contributed by atoms with Gasteiger partial charge in [-0.3, -0.25) is 14.5 Å². The van der Waals surface area contributed by atoms with Crippen LogP contribution < -0.4 is 5.32 Å². The molecule has 0 radical (unpaired) electrons. The third-order valence-electron chi connectivity index (χ3n) is 6.92. The molecule has 6 nitrogen and oxygen atoms in total. The van der Waals surface area contributed by atoms with Crippen molar-refractivity contribution < 1.29 is 9.59 Å². The van der Waals surface area contributed by atoms with Gasteiger partial charge in [0.2, 0.25) is 0 Å². The summed E-state index contributed by atoms with van der Waals surface area (Å²) >= 11 is 12.2. The number of carbonyl (C=O) groups excluding carboxylic acids is 2. The van der Waals surface area contributed by atoms with E-state index >= 15 is 0 Å². The lowest BCUT2D eigenvalue weighted by atomic mass is 10.1. The number of halogens is 2. The molecule has 2 saturated heterocycles. The zero-order valence-electron chi connectivity index (χ0n) is 19.9. The molecule has 186 valence electrons. The molecule has 2 aliphatic rings. The molecule has 8 heteroatoms. The van der Waals surface area contributed by atoms with Crippen molar-refractivity contribution in [1.82, 2.24) is 14.7 Å². The van der Waals surface area contributed by atoms with E-state index in [-0.39, 0.29) is 11.8 Å². The van der Waals surface area contributed by atoms with Crippen molar-refractivity contribution in [3.63, 3.8) is 0 Å². The Morgan fingerprint density at radius 1 is 0.750 bits per heavy atom. The molecular formula is C28H28Cl2N4O2. The van der Waals surface area contributed by atoms with Crippen molar-refractivity contribution in [2.24, 2.45) is 0 Å². The second-order valence-electron chi connectivity index (χ2n) is 9.21. The lowest BCUT2D eigenvalue weighted by Gasteiger charge is -2.38. The first-order valence-electron chi connectivity index (χ1n) is 12.2. The highest BCUT2D eigenvalue weighted by atomic mass is 35.5.